The van der Waals surface area contributed by atoms with Gasteiger partial charge in [0, 0.05) is 11.1 Å². The third-order valence-corrected chi connectivity index (χ3v) is 12.9. The maximum absolute atomic E-state index is 14.8. The van der Waals surface area contributed by atoms with Crippen LogP contribution in [0.15, 0.2) is 28.7 Å². The zero-order valence-electron chi connectivity index (χ0n) is 16.5. The van der Waals surface area contributed by atoms with Crippen LogP contribution in [0, 0.1) is 5.41 Å². The third kappa shape index (κ3) is 3.31. The van der Waals surface area contributed by atoms with Crippen molar-refractivity contribution in [1.82, 2.24) is 0 Å². The first-order valence-electron chi connectivity index (χ1n) is 9.35. The normalized spacial score (nSPS) is 25.3. The van der Waals surface area contributed by atoms with E-state index in [1.54, 1.807) is 24.3 Å². The number of rotatable bonds is 8. The molecule has 0 aromatic heterocycles. The minimum Gasteiger partial charge on any atom is -0.415 e. The van der Waals surface area contributed by atoms with Gasteiger partial charge in [-0.2, -0.15) is 0 Å². The van der Waals surface area contributed by atoms with Crippen molar-refractivity contribution < 1.29 is 18.3 Å². The van der Waals surface area contributed by atoms with Gasteiger partial charge in [0.15, 0.2) is 8.32 Å². The largest absolute Gasteiger partial charge is 0.415 e. The molecule has 2 rings (SSSR count). The van der Waals surface area contributed by atoms with E-state index >= 15 is 0 Å². The number of aliphatic hydroxyl groups excluding tert-OH is 1. The van der Waals surface area contributed by atoms with Gasteiger partial charge in [0.25, 0.3) is 5.92 Å². The Balaban J connectivity index is 2.31. The second-order valence-corrected chi connectivity index (χ2v) is 14.9. The van der Waals surface area contributed by atoms with E-state index in [1.807, 2.05) is 0 Å². The van der Waals surface area contributed by atoms with E-state index in [2.05, 4.69) is 57.5 Å². The van der Waals surface area contributed by atoms with Gasteiger partial charge in [-0.25, -0.2) is 8.78 Å². The van der Waals surface area contributed by atoms with E-state index in [9.17, 15) is 13.9 Å². The molecule has 1 saturated carbocycles. The number of benzene rings is 1. The number of halogens is 3. The van der Waals surface area contributed by atoms with Crippen LogP contribution in [0.25, 0.3) is 0 Å². The molecule has 1 aliphatic rings. The lowest BCUT2D eigenvalue weighted by atomic mass is 10.0. The van der Waals surface area contributed by atoms with Gasteiger partial charge in [-0.1, -0.05) is 69.6 Å². The summed E-state index contributed by atoms with van der Waals surface area (Å²) in [5, 5.41) is 9.94. The van der Waals surface area contributed by atoms with Crippen LogP contribution in [-0.4, -0.2) is 32.6 Å². The molecule has 0 bridgehead atoms. The first-order valence-corrected chi connectivity index (χ1v) is 12.3. The molecule has 1 fully saturated rings. The molecule has 1 N–H and O–H groups in total. The first kappa shape index (κ1) is 22.0. The monoisotopic (exact) mass is 448 g/mol. The van der Waals surface area contributed by atoms with E-state index in [0.717, 1.165) is 4.47 Å². The number of hydrogen-bond donors (Lipinski definition) is 1. The summed E-state index contributed by atoms with van der Waals surface area (Å²) in [6.45, 7) is 12.1. The quantitative estimate of drug-likeness (QED) is 0.469. The van der Waals surface area contributed by atoms with Crippen LogP contribution >= 0.6 is 15.9 Å². The molecule has 2 nitrogen and oxygen atoms in total. The molecule has 0 aliphatic heterocycles. The fourth-order valence-electron chi connectivity index (χ4n) is 4.87. The van der Waals surface area contributed by atoms with Crippen molar-refractivity contribution in [1.29, 1.82) is 0 Å². The van der Waals surface area contributed by atoms with Crippen LogP contribution in [0.4, 0.5) is 8.78 Å². The molecule has 2 unspecified atom stereocenters. The van der Waals surface area contributed by atoms with Crippen LogP contribution < -0.4 is 0 Å². The number of hydrogen-bond acceptors (Lipinski definition) is 2. The number of aliphatic hydroxyl groups is 1. The molecule has 0 saturated heterocycles. The second-order valence-electron chi connectivity index (χ2n) is 8.53. The van der Waals surface area contributed by atoms with Gasteiger partial charge in [-0.05, 0) is 34.3 Å². The lowest BCUT2D eigenvalue weighted by molar-refractivity contribution is 0.0104. The van der Waals surface area contributed by atoms with Crippen molar-refractivity contribution in [3.05, 3.63) is 34.3 Å². The minimum atomic E-state index is -2.96. The summed E-state index contributed by atoms with van der Waals surface area (Å²) in [6, 6.07) is 6.94. The molecule has 0 amide bonds. The Morgan fingerprint density at radius 2 is 1.50 bits per heavy atom. The fraction of sp³-hybridized carbons (Fsp3) is 0.700. The average molecular weight is 449 g/mol. The van der Waals surface area contributed by atoms with E-state index in [4.69, 9.17) is 4.43 Å². The topological polar surface area (TPSA) is 29.5 Å². The van der Waals surface area contributed by atoms with E-state index in [-0.39, 0.29) is 6.61 Å². The van der Waals surface area contributed by atoms with Gasteiger partial charge in [-0.15, -0.1) is 0 Å². The van der Waals surface area contributed by atoms with Crippen LogP contribution in [-0.2, 0) is 4.43 Å². The van der Waals surface area contributed by atoms with Gasteiger partial charge in [0.2, 0.25) is 0 Å². The SMILES string of the molecule is CC(C)[Si](OCC1(CO)C(c2ccc(Br)cc2)C1(F)F)(C(C)C)C(C)C. The molecule has 1 aliphatic carbocycles. The summed E-state index contributed by atoms with van der Waals surface area (Å²) in [7, 11) is -2.27. The molecule has 26 heavy (non-hydrogen) atoms. The Hall–Kier alpha value is -0.303. The van der Waals surface area contributed by atoms with Gasteiger partial charge in [0.1, 0.15) is 0 Å². The first-order chi connectivity index (χ1) is 12.0. The highest BCUT2D eigenvalue weighted by Gasteiger charge is 2.81. The summed E-state index contributed by atoms with van der Waals surface area (Å²) >= 11 is 3.34. The van der Waals surface area contributed by atoms with Crippen molar-refractivity contribution in [3.63, 3.8) is 0 Å². The van der Waals surface area contributed by atoms with Crippen LogP contribution in [0.1, 0.15) is 53.0 Å². The lowest BCUT2D eigenvalue weighted by Gasteiger charge is -2.43. The highest BCUT2D eigenvalue weighted by Crippen LogP contribution is 2.71. The lowest BCUT2D eigenvalue weighted by Crippen LogP contribution is -2.49. The third-order valence-electron chi connectivity index (χ3n) is 6.27. The Morgan fingerprint density at radius 1 is 1.04 bits per heavy atom. The van der Waals surface area contributed by atoms with Crippen molar-refractivity contribution in [3.8, 4) is 0 Å². The smallest absolute Gasteiger partial charge is 0.266 e. The number of alkyl halides is 2. The second kappa shape index (κ2) is 7.61. The summed E-state index contributed by atoms with van der Waals surface area (Å²) < 4.78 is 37.0. The van der Waals surface area contributed by atoms with Crippen LogP contribution in [0.2, 0.25) is 16.6 Å². The predicted molar refractivity (Wildman–Crippen MR) is 108 cm³/mol. The average Bonchev–Trinajstić information content (AvgIpc) is 3.03. The van der Waals surface area contributed by atoms with Crippen LogP contribution in [0.5, 0.6) is 0 Å². The van der Waals surface area contributed by atoms with E-state index in [0.29, 0.717) is 22.2 Å². The highest BCUT2D eigenvalue weighted by molar-refractivity contribution is 9.10. The Bertz CT molecular complexity index is 597. The zero-order valence-corrected chi connectivity index (χ0v) is 19.1. The molecule has 2 atom stereocenters. The Labute approximate surface area is 165 Å². The summed E-state index contributed by atoms with van der Waals surface area (Å²) in [5.41, 5.74) is -0.00964. The standard InChI is InChI=1S/C20H31BrF2O2Si/c1-13(2)26(14(3)4,15(5)6)25-12-19(11-24)18(20(19,22)23)16-7-9-17(21)10-8-16/h7-10,13-15,18,24H,11-12H2,1-6H3. The maximum Gasteiger partial charge on any atom is 0.266 e. The molecule has 1 aromatic carbocycles. The van der Waals surface area contributed by atoms with E-state index < -0.39 is 32.2 Å². The zero-order chi connectivity index (χ0) is 19.9. The predicted octanol–water partition coefficient (Wildman–Crippen LogP) is 6.35. The molecule has 148 valence electrons. The van der Waals surface area contributed by atoms with Crippen molar-refractivity contribution >= 4 is 24.2 Å². The summed E-state index contributed by atoms with van der Waals surface area (Å²) in [5.74, 6) is -3.95. The molecule has 6 heteroatoms. The van der Waals surface area contributed by atoms with Crippen molar-refractivity contribution in [2.45, 2.75) is 70.0 Å². The van der Waals surface area contributed by atoms with Gasteiger partial charge in [-0.3, -0.25) is 0 Å². The molecule has 0 radical (unpaired) electrons. The molecule has 1 aromatic rings. The molecule has 0 heterocycles. The Kier molecular flexibility index (Phi) is 6.43. The van der Waals surface area contributed by atoms with Gasteiger partial charge < -0.3 is 9.53 Å². The van der Waals surface area contributed by atoms with Gasteiger partial charge >= 0.3 is 0 Å². The van der Waals surface area contributed by atoms with Crippen molar-refractivity contribution in [2.75, 3.05) is 13.2 Å². The summed E-state index contributed by atoms with van der Waals surface area (Å²) in [4.78, 5) is 0. The molecular weight excluding hydrogens is 418 g/mol. The highest BCUT2D eigenvalue weighted by atomic mass is 79.9. The van der Waals surface area contributed by atoms with E-state index in [1.165, 1.54) is 0 Å². The minimum absolute atomic E-state index is 0.0853. The van der Waals surface area contributed by atoms with Gasteiger partial charge in [0.05, 0.1) is 17.9 Å². The molecular formula is C20H31BrF2O2Si. The molecule has 0 spiro atoms. The Morgan fingerprint density at radius 3 is 1.88 bits per heavy atom. The van der Waals surface area contributed by atoms with Crippen molar-refractivity contribution in [2.24, 2.45) is 5.41 Å². The maximum atomic E-state index is 14.8. The summed E-state index contributed by atoms with van der Waals surface area (Å²) in [6.07, 6.45) is 0. The fourth-order valence-corrected chi connectivity index (χ4v) is 10.6. The van der Waals surface area contributed by atoms with Crippen LogP contribution in [0.3, 0.4) is 0 Å².